The number of nitrogens with zero attached hydrogens (tertiary/aromatic N) is 1. The number of hydrogen-bond donors (Lipinski definition) is 1. The van der Waals surface area contributed by atoms with Crippen LogP contribution in [0.4, 0.5) is 0 Å². The molecule has 0 aliphatic carbocycles. The van der Waals surface area contributed by atoms with Crippen LogP contribution in [0.1, 0.15) is 32.4 Å². The molecule has 0 radical (unpaired) electrons. The number of likely N-dealkylation sites (tertiary alicyclic amines) is 1. The number of benzene rings is 1. The number of rotatable bonds is 5. The normalized spacial score (nSPS) is 21.6. The summed E-state index contributed by atoms with van der Waals surface area (Å²) >= 11 is 0. The molecule has 1 aromatic heterocycles. The van der Waals surface area contributed by atoms with Gasteiger partial charge in [-0.2, -0.15) is 0 Å². The van der Waals surface area contributed by atoms with Gasteiger partial charge in [-0.15, -0.1) is 0 Å². The second-order valence-electron chi connectivity index (χ2n) is 6.87. The largest absolute Gasteiger partial charge is 0.460 e. The number of furan rings is 1. The van der Waals surface area contributed by atoms with E-state index >= 15 is 0 Å². The molecule has 0 bridgehead atoms. The van der Waals surface area contributed by atoms with Gasteiger partial charge in [0.15, 0.2) is 0 Å². The highest BCUT2D eigenvalue weighted by atomic mass is 16.3. The number of amides is 1. The van der Waals surface area contributed by atoms with Crippen molar-refractivity contribution in [1.82, 2.24) is 10.2 Å². The first-order valence-electron chi connectivity index (χ1n) is 8.75. The van der Waals surface area contributed by atoms with Crippen LogP contribution in [-0.4, -0.2) is 30.4 Å². The molecule has 1 saturated heterocycles. The van der Waals surface area contributed by atoms with Crippen LogP contribution in [0.15, 0.2) is 46.9 Å². The minimum Gasteiger partial charge on any atom is -0.460 e. The second-order valence-corrected chi connectivity index (χ2v) is 6.87. The molecule has 24 heavy (non-hydrogen) atoms. The second kappa shape index (κ2) is 7.22. The van der Waals surface area contributed by atoms with Gasteiger partial charge in [-0.25, -0.2) is 0 Å². The molecule has 1 unspecified atom stereocenters. The Bertz CT molecular complexity index is 680. The Hall–Kier alpha value is -2.07. The van der Waals surface area contributed by atoms with Crippen molar-refractivity contribution in [3.05, 3.63) is 48.2 Å². The van der Waals surface area contributed by atoms with Crippen molar-refractivity contribution in [3.8, 4) is 11.3 Å². The predicted octanol–water partition coefficient (Wildman–Crippen LogP) is 3.68. The van der Waals surface area contributed by atoms with Crippen molar-refractivity contribution in [3.63, 3.8) is 0 Å². The molecule has 0 spiro atoms. The van der Waals surface area contributed by atoms with E-state index in [0.717, 1.165) is 49.6 Å². The van der Waals surface area contributed by atoms with E-state index in [1.165, 1.54) is 0 Å². The maximum atomic E-state index is 12.3. The first kappa shape index (κ1) is 16.8. The first-order valence-corrected chi connectivity index (χ1v) is 8.75. The fraction of sp³-hybridized carbons (Fsp3) is 0.450. The van der Waals surface area contributed by atoms with Crippen LogP contribution < -0.4 is 5.32 Å². The lowest BCUT2D eigenvalue weighted by Crippen LogP contribution is -2.49. The Kier molecular flexibility index (Phi) is 5.05. The van der Waals surface area contributed by atoms with Gasteiger partial charge in [-0.05, 0) is 45.4 Å². The molecule has 3 rings (SSSR count). The van der Waals surface area contributed by atoms with Crippen molar-refractivity contribution < 1.29 is 9.21 Å². The molecule has 1 N–H and O–H groups in total. The van der Waals surface area contributed by atoms with E-state index < -0.39 is 0 Å². The standard InChI is InChI=1S/C20H26N2O2/c1-3-21-19(23)20(2)12-7-13-22(15-20)14-17-10-11-18(24-17)16-8-5-4-6-9-16/h4-6,8-11H,3,7,12-15H2,1-2H3,(H,21,23). The van der Waals surface area contributed by atoms with Crippen molar-refractivity contribution in [2.75, 3.05) is 19.6 Å². The van der Waals surface area contributed by atoms with Crippen LogP contribution in [0.2, 0.25) is 0 Å². The van der Waals surface area contributed by atoms with E-state index in [4.69, 9.17) is 4.42 Å². The first-order chi connectivity index (χ1) is 11.6. The molecule has 4 heteroatoms. The maximum absolute atomic E-state index is 12.3. The van der Waals surface area contributed by atoms with Gasteiger partial charge in [0.2, 0.25) is 5.91 Å². The van der Waals surface area contributed by atoms with Crippen LogP contribution in [0, 0.1) is 5.41 Å². The monoisotopic (exact) mass is 326 g/mol. The van der Waals surface area contributed by atoms with Crippen molar-refractivity contribution in [2.45, 2.75) is 33.2 Å². The summed E-state index contributed by atoms with van der Waals surface area (Å²) < 4.78 is 6.01. The smallest absolute Gasteiger partial charge is 0.227 e. The van der Waals surface area contributed by atoms with Crippen LogP contribution in [-0.2, 0) is 11.3 Å². The molecule has 1 fully saturated rings. The highest BCUT2D eigenvalue weighted by Gasteiger charge is 2.37. The maximum Gasteiger partial charge on any atom is 0.227 e. The average Bonchev–Trinajstić information content (AvgIpc) is 3.04. The molecule has 4 nitrogen and oxygen atoms in total. The zero-order valence-electron chi connectivity index (χ0n) is 14.5. The van der Waals surface area contributed by atoms with E-state index in [0.29, 0.717) is 6.54 Å². The minimum atomic E-state index is -0.302. The summed E-state index contributed by atoms with van der Waals surface area (Å²) in [5.41, 5.74) is 0.790. The lowest BCUT2D eigenvalue weighted by atomic mass is 9.81. The Balaban J connectivity index is 1.66. The van der Waals surface area contributed by atoms with Gasteiger partial charge in [0, 0.05) is 18.7 Å². The van der Waals surface area contributed by atoms with Gasteiger partial charge in [0.1, 0.15) is 11.5 Å². The average molecular weight is 326 g/mol. The minimum absolute atomic E-state index is 0.166. The quantitative estimate of drug-likeness (QED) is 0.911. The number of piperidine rings is 1. The highest BCUT2D eigenvalue weighted by molar-refractivity contribution is 5.82. The zero-order valence-corrected chi connectivity index (χ0v) is 14.5. The third-order valence-corrected chi connectivity index (χ3v) is 4.76. The molecule has 128 valence electrons. The Morgan fingerprint density at radius 3 is 2.79 bits per heavy atom. The molecule has 1 atom stereocenters. The molecule has 0 saturated carbocycles. The van der Waals surface area contributed by atoms with E-state index in [2.05, 4.69) is 29.3 Å². The molecule has 1 amide bonds. The van der Waals surface area contributed by atoms with E-state index in [-0.39, 0.29) is 11.3 Å². The van der Waals surface area contributed by atoms with Crippen molar-refractivity contribution in [1.29, 1.82) is 0 Å². The highest BCUT2D eigenvalue weighted by Crippen LogP contribution is 2.31. The van der Waals surface area contributed by atoms with E-state index in [1.807, 2.05) is 37.3 Å². The van der Waals surface area contributed by atoms with Gasteiger partial charge in [0.05, 0.1) is 12.0 Å². The lowest BCUT2D eigenvalue weighted by Gasteiger charge is -2.38. The van der Waals surface area contributed by atoms with Gasteiger partial charge in [0.25, 0.3) is 0 Å². The number of carbonyl (C=O) groups is 1. The fourth-order valence-corrected chi connectivity index (χ4v) is 3.48. The summed E-state index contributed by atoms with van der Waals surface area (Å²) in [6, 6.07) is 14.2. The third kappa shape index (κ3) is 3.70. The molecule has 2 heterocycles. The summed E-state index contributed by atoms with van der Waals surface area (Å²) in [5, 5.41) is 2.98. The molecule has 2 aromatic rings. The van der Waals surface area contributed by atoms with Crippen molar-refractivity contribution in [2.24, 2.45) is 5.41 Å². The molecular formula is C20H26N2O2. The molecule has 1 aliphatic heterocycles. The van der Waals surface area contributed by atoms with Crippen molar-refractivity contribution >= 4 is 5.91 Å². The lowest BCUT2D eigenvalue weighted by molar-refractivity contribution is -0.133. The third-order valence-electron chi connectivity index (χ3n) is 4.76. The Labute approximate surface area is 143 Å². The number of carbonyl (C=O) groups excluding carboxylic acids is 1. The summed E-state index contributed by atoms with van der Waals surface area (Å²) in [6.07, 6.45) is 1.99. The summed E-state index contributed by atoms with van der Waals surface area (Å²) in [6.45, 7) is 7.27. The van der Waals surface area contributed by atoms with E-state index in [1.54, 1.807) is 0 Å². The summed E-state index contributed by atoms with van der Waals surface area (Å²) in [4.78, 5) is 14.7. The van der Waals surface area contributed by atoms with Gasteiger partial charge in [-0.1, -0.05) is 30.3 Å². The van der Waals surface area contributed by atoms with Crippen LogP contribution in [0.3, 0.4) is 0 Å². The van der Waals surface area contributed by atoms with Gasteiger partial charge >= 0.3 is 0 Å². The fourth-order valence-electron chi connectivity index (χ4n) is 3.48. The number of nitrogens with one attached hydrogen (secondary N) is 1. The van der Waals surface area contributed by atoms with Gasteiger partial charge < -0.3 is 9.73 Å². The molecule has 1 aromatic carbocycles. The topological polar surface area (TPSA) is 45.5 Å². The zero-order chi connectivity index (χ0) is 17.0. The summed E-state index contributed by atoms with van der Waals surface area (Å²) in [5.74, 6) is 2.02. The number of hydrogen-bond acceptors (Lipinski definition) is 3. The van der Waals surface area contributed by atoms with Crippen LogP contribution in [0.5, 0.6) is 0 Å². The van der Waals surface area contributed by atoms with Gasteiger partial charge in [-0.3, -0.25) is 9.69 Å². The van der Waals surface area contributed by atoms with Crippen LogP contribution in [0.25, 0.3) is 11.3 Å². The van der Waals surface area contributed by atoms with Crippen LogP contribution >= 0.6 is 0 Å². The SMILES string of the molecule is CCNC(=O)C1(C)CCCN(Cc2ccc(-c3ccccc3)o2)C1. The Morgan fingerprint density at radius 1 is 1.25 bits per heavy atom. The summed E-state index contributed by atoms with van der Waals surface area (Å²) in [7, 11) is 0. The Morgan fingerprint density at radius 2 is 2.04 bits per heavy atom. The van der Waals surface area contributed by atoms with E-state index in [9.17, 15) is 4.79 Å². The molecular weight excluding hydrogens is 300 g/mol. The predicted molar refractivity (Wildman–Crippen MR) is 95.4 cm³/mol. The molecule has 1 aliphatic rings.